The number of aliphatic hydroxyl groups is 1. The fourth-order valence-electron chi connectivity index (χ4n) is 1.40. The predicted molar refractivity (Wildman–Crippen MR) is 56.3 cm³/mol. The molecule has 5 nitrogen and oxygen atoms in total. The van der Waals surface area contributed by atoms with Gasteiger partial charge in [0, 0.05) is 6.04 Å². The van der Waals surface area contributed by atoms with Gasteiger partial charge in [-0.15, -0.1) is 10.2 Å². The zero-order chi connectivity index (χ0) is 11.4. The Morgan fingerprint density at radius 2 is 1.80 bits per heavy atom. The van der Waals surface area contributed by atoms with Crippen LogP contribution in [-0.4, -0.2) is 26.0 Å². The van der Waals surface area contributed by atoms with Crippen LogP contribution in [0.15, 0.2) is 0 Å². The van der Waals surface area contributed by atoms with Crippen LogP contribution in [0.2, 0.25) is 0 Å². The molecule has 86 valence electrons. The van der Waals surface area contributed by atoms with E-state index in [2.05, 4.69) is 10.2 Å². The van der Waals surface area contributed by atoms with Gasteiger partial charge in [0.1, 0.15) is 13.2 Å². The number of hydrogen-bond donors (Lipinski definition) is 1. The van der Waals surface area contributed by atoms with Crippen molar-refractivity contribution < 1.29 is 9.84 Å². The molecule has 1 rings (SSSR count). The molecule has 1 heterocycles. The zero-order valence-electron chi connectivity index (χ0n) is 9.77. The van der Waals surface area contributed by atoms with E-state index in [1.165, 1.54) is 0 Å². The van der Waals surface area contributed by atoms with Gasteiger partial charge in [-0.25, -0.2) is 0 Å². The molecule has 0 amide bonds. The van der Waals surface area contributed by atoms with Gasteiger partial charge in [0.25, 0.3) is 0 Å². The van der Waals surface area contributed by atoms with Crippen molar-refractivity contribution in [3.63, 3.8) is 0 Å². The Morgan fingerprint density at radius 3 is 2.27 bits per heavy atom. The lowest BCUT2D eigenvalue weighted by atomic mass is 10.3. The van der Waals surface area contributed by atoms with Crippen LogP contribution < -0.4 is 0 Å². The van der Waals surface area contributed by atoms with Crippen LogP contribution >= 0.6 is 0 Å². The molecule has 0 radical (unpaired) electrons. The molecule has 15 heavy (non-hydrogen) atoms. The summed E-state index contributed by atoms with van der Waals surface area (Å²) >= 11 is 0. The van der Waals surface area contributed by atoms with Crippen LogP contribution in [0.25, 0.3) is 0 Å². The maximum absolute atomic E-state index is 9.09. The molecule has 5 heteroatoms. The molecule has 1 aromatic heterocycles. The molecular weight excluding hydrogens is 194 g/mol. The Labute approximate surface area is 90.1 Å². The maximum atomic E-state index is 9.09. The summed E-state index contributed by atoms with van der Waals surface area (Å²) in [5.41, 5.74) is 0. The highest BCUT2D eigenvalue weighted by Crippen LogP contribution is 2.12. The summed E-state index contributed by atoms with van der Waals surface area (Å²) in [4.78, 5) is 0. The summed E-state index contributed by atoms with van der Waals surface area (Å²) in [6.07, 6.45) is 0.167. The van der Waals surface area contributed by atoms with E-state index in [0.29, 0.717) is 12.4 Å². The van der Waals surface area contributed by atoms with E-state index < -0.39 is 0 Å². The van der Waals surface area contributed by atoms with Crippen molar-refractivity contribution in [1.82, 2.24) is 14.8 Å². The quantitative estimate of drug-likeness (QED) is 0.800. The lowest BCUT2D eigenvalue weighted by Gasteiger charge is -2.14. The van der Waals surface area contributed by atoms with Gasteiger partial charge in [0.15, 0.2) is 11.6 Å². The van der Waals surface area contributed by atoms with Crippen LogP contribution in [0.5, 0.6) is 0 Å². The molecule has 0 fully saturated rings. The Morgan fingerprint density at radius 1 is 1.20 bits per heavy atom. The van der Waals surface area contributed by atoms with Gasteiger partial charge in [-0.2, -0.15) is 0 Å². The minimum Gasteiger partial charge on any atom is -0.388 e. The molecule has 0 aliphatic rings. The highest BCUT2D eigenvalue weighted by molar-refractivity contribution is 4.95. The smallest absolute Gasteiger partial charge is 0.159 e. The van der Waals surface area contributed by atoms with Crippen molar-refractivity contribution in [3.05, 3.63) is 11.6 Å². The molecule has 0 aliphatic carbocycles. The Bertz CT molecular complexity index is 308. The molecule has 0 saturated heterocycles. The summed E-state index contributed by atoms with van der Waals surface area (Å²) in [6.45, 7) is 8.35. The third kappa shape index (κ3) is 3.00. The fourth-order valence-corrected chi connectivity index (χ4v) is 1.40. The predicted octanol–water partition coefficient (Wildman–Crippen LogP) is 1.28. The van der Waals surface area contributed by atoms with Crippen molar-refractivity contribution in [2.75, 3.05) is 0 Å². The first-order valence-corrected chi connectivity index (χ1v) is 5.21. The van der Waals surface area contributed by atoms with Gasteiger partial charge in [0.2, 0.25) is 0 Å². The molecular formula is C10H19N3O2. The Kier molecular flexibility index (Phi) is 4.23. The average Bonchev–Trinajstić information content (AvgIpc) is 2.57. The molecule has 0 aliphatic heterocycles. The van der Waals surface area contributed by atoms with Gasteiger partial charge in [0.05, 0.1) is 6.10 Å². The van der Waals surface area contributed by atoms with Gasteiger partial charge >= 0.3 is 0 Å². The second kappa shape index (κ2) is 5.23. The van der Waals surface area contributed by atoms with E-state index in [0.717, 1.165) is 5.82 Å². The molecule has 1 N–H and O–H groups in total. The number of hydrogen-bond acceptors (Lipinski definition) is 4. The molecule has 0 saturated carbocycles. The zero-order valence-corrected chi connectivity index (χ0v) is 9.77. The summed E-state index contributed by atoms with van der Waals surface area (Å²) < 4.78 is 7.38. The van der Waals surface area contributed by atoms with E-state index >= 15 is 0 Å². The van der Waals surface area contributed by atoms with Gasteiger partial charge < -0.3 is 14.4 Å². The third-order valence-electron chi connectivity index (χ3n) is 2.04. The second-order valence-corrected chi connectivity index (χ2v) is 4.01. The third-order valence-corrected chi connectivity index (χ3v) is 2.04. The lowest BCUT2D eigenvalue weighted by molar-refractivity contribution is 0.0585. The van der Waals surface area contributed by atoms with Crippen LogP contribution in [0.3, 0.4) is 0 Å². The Hall–Kier alpha value is -0.940. The van der Waals surface area contributed by atoms with Crippen LogP contribution in [0, 0.1) is 0 Å². The molecule has 0 bridgehead atoms. The van der Waals surface area contributed by atoms with Crippen molar-refractivity contribution >= 4 is 0 Å². The summed E-state index contributed by atoms with van der Waals surface area (Å²) in [7, 11) is 0. The van der Waals surface area contributed by atoms with Crippen molar-refractivity contribution in [1.29, 1.82) is 0 Å². The van der Waals surface area contributed by atoms with Gasteiger partial charge in [-0.1, -0.05) is 0 Å². The summed E-state index contributed by atoms with van der Waals surface area (Å²) in [5, 5.41) is 17.0. The standard InChI is InChI=1S/C10H19N3O2/c1-7(2)13-9(5-14)11-12-10(13)6-15-8(3)4/h7-8,14H,5-6H2,1-4H3. The summed E-state index contributed by atoms with van der Waals surface area (Å²) in [5.74, 6) is 1.36. The normalized spacial score (nSPS) is 11.7. The van der Waals surface area contributed by atoms with E-state index in [9.17, 15) is 0 Å². The number of nitrogens with zero attached hydrogens (tertiary/aromatic N) is 3. The minimum absolute atomic E-state index is 0.0904. The SMILES string of the molecule is CC(C)OCc1nnc(CO)n1C(C)C. The molecule has 0 unspecified atom stereocenters. The summed E-state index contributed by atoms with van der Waals surface area (Å²) in [6, 6.07) is 0.230. The van der Waals surface area contributed by atoms with Crippen molar-refractivity contribution in [2.24, 2.45) is 0 Å². The molecule has 0 aromatic carbocycles. The highest BCUT2D eigenvalue weighted by atomic mass is 16.5. The van der Waals surface area contributed by atoms with Crippen molar-refractivity contribution in [3.8, 4) is 0 Å². The van der Waals surface area contributed by atoms with E-state index in [-0.39, 0.29) is 18.8 Å². The molecule has 1 aromatic rings. The van der Waals surface area contributed by atoms with Gasteiger partial charge in [-0.05, 0) is 27.7 Å². The van der Waals surface area contributed by atoms with Crippen LogP contribution in [0.1, 0.15) is 45.4 Å². The van der Waals surface area contributed by atoms with Gasteiger partial charge in [-0.3, -0.25) is 0 Å². The number of rotatable bonds is 5. The number of aliphatic hydroxyl groups excluding tert-OH is 1. The first-order valence-electron chi connectivity index (χ1n) is 5.21. The van der Waals surface area contributed by atoms with E-state index in [4.69, 9.17) is 9.84 Å². The monoisotopic (exact) mass is 213 g/mol. The number of aromatic nitrogens is 3. The Balaban J connectivity index is 2.82. The second-order valence-electron chi connectivity index (χ2n) is 4.01. The lowest BCUT2D eigenvalue weighted by Crippen LogP contribution is -2.13. The van der Waals surface area contributed by atoms with E-state index in [1.54, 1.807) is 0 Å². The van der Waals surface area contributed by atoms with Crippen molar-refractivity contribution in [2.45, 2.75) is 53.1 Å². The largest absolute Gasteiger partial charge is 0.388 e. The highest BCUT2D eigenvalue weighted by Gasteiger charge is 2.14. The topological polar surface area (TPSA) is 60.2 Å². The first-order chi connectivity index (χ1) is 7.06. The van der Waals surface area contributed by atoms with Crippen LogP contribution in [-0.2, 0) is 18.0 Å². The average molecular weight is 213 g/mol. The number of ether oxygens (including phenoxy) is 1. The first kappa shape index (κ1) is 12.1. The molecule has 0 atom stereocenters. The minimum atomic E-state index is -0.0904. The van der Waals surface area contributed by atoms with Crippen LogP contribution in [0.4, 0.5) is 0 Å². The molecule has 0 spiro atoms. The fraction of sp³-hybridized carbons (Fsp3) is 0.800. The maximum Gasteiger partial charge on any atom is 0.159 e. The van der Waals surface area contributed by atoms with E-state index in [1.807, 2.05) is 32.3 Å².